The van der Waals surface area contributed by atoms with Crippen LogP contribution in [0.4, 0.5) is 4.79 Å². The van der Waals surface area contributed by atoms with Crippen molar-refractivity contribution < 1.29 is 14.3 Å². The maximum Gasteiger partial charge on any atom is 0.508 e. The molecule has 1 fully saturated rings. The fourth-order valence-electron chi connectivity index (χ4n) is 1.37. The van der Waals surface area contributed by atoms with Crippen LogP contribution in [0.25, 0.3) is 0 Å². The fourth-order valence-corrected chi connectivity index (χ4v) is 1.37. The molecular formula is C8H14O3. The van der Waals surface area contributed by atoms with Crippen LogP contribution in [-0.2, 0) is 9.47 Å². The van der Waals surface area contributed by atoms with Gasteiger partial charge in [0.25, 0.3) is 0 Å². The minimum atomic E-state index is -0.545. The Kier molecular flexibility index (Phi) is 3.20. The maximum atomic E-state index is 10.6. The molecule has 0 aromatic heterocycles. The number of methoxy groups -OCH3 is 1. The van der Waals surface area contributed by atoms with Crippen molar-refractivity contribution in [1.29, 1.82) is 0 Å². The van der Waals surface area contributed by atoms with Gasteiger partial charge in [-0.3, -0.25) is 0 Å². The Labute approximate surface area is 66.7 Å². The minimum absolute atomic E-state index is 0.108. The molecule has 3 nitrogen and oxygen atoms in total. The second kappa shape index (κ2) is 4.21. The molecule has 0 spiro atoms. The van der Waals surface area contributed by atoms with Gasteiger partial charge in [0.15, 0.2) is 0 Å². The van der Waals surface area contributed by atoms with E-state index in [1.165, 1.54) is 26.4 Å². The summed E-state index contributed by atoms with van der Waals surface area (Å²) in [6.07, 6.45) is 5.15. The summed E-state index contributed by atoms with van der Waals surface area (Å²) in [7, 11) is 1.34. The van der Waals surface area contributed by atoms with Crippen LogP contribution < -0.4 is 0 Å². The van der Waals surface area contributed by atoms with Crippen molar-refractivity contribution >= 4 is 6.16 Å². The van der Waals surface area contributed by atoms with Crippen molar-refractivity contribution in [1.82, 2.24) is 0 Å². The Morgan fingerprint density at radius 3 is 2.45 bits per heavy atom. The summed E-state index contributed by atoms with van der Waals surface area (Å²) in [6.45, 7) is 0. The van der Waals surface area contributed by atoms with Crippen molar-refractivity contribution in [2.75, 3.05) is 7.11 Å². The summed E-state index contributed by atoms with van der Waals surface area (Å²) in [5.74, 6) is 0. The molecular weight excluding hydrogens is 144 g/mol. The first-order valence-electron chi connectivity index (χ1n) is 4.07. The predicted molar refractivity (Wildman–Crippen MR) is 40.4 cm³/mol. The monoisotopic (exact) mass is 158 g/mol. The molecule has 0 aromatic rings. The van der Waals surface area contributed by atoms with E-state index in [0.29, 0.717) is 0 Å². The molecule has 0 bridgehead atoms. The molecule has 64 valence electrons. The first-order chi connectivity index (χ1) is 5.33. The molecule has 0 saturated heterocycles. The summed E-state index contributed by atoms with van der Waals surface area (Å²) >= 11 is 0. The van der Waals surface area contributed by atoms with E-state index in [4.69, 9.17) is 4.74 Å². The third-order valence-electron chi connectivity index (χ3n) is 1.98. The number of hydrogen-bond acceptors (Lipinski definition) is 3. The van der Waals surface area contributed by atoms with E-state index in [2.05, 4.69) is 4.74 Å². The summed E-state index contributed by atoms with van der Waals surface area (Å²) in [6, 6.07) is 0. The van der Waals surface area contributed by atoms with Crippen molar-refractivity contribution in [3.63, 3.8) is 0 Å². The molecule has 0 unspecified atom stereocenters. The maximum absolute atomic E-state index is 10.6. The van der Waals surface area contributed by atoms with E-state index in [1.54, 1.807) is 0 Å². The standard InChI is InChI=1S/C8H14O3/c1-10-8(9)11-7-5-3-2-4-6-7/h7H,2-6H2,1H3. The van der Waals surface area contributed by atoms with E-state index < -0.39 is 6.16 Å². The lowest BCUT2D eigenvalue weighted by Crippen LogP contribution is -2.20. The third kappa shape index (κ3) is 2.78. The highest BCUT2D eigenvalue weighted by molar-refractivity contribution is 5.59. The van der Waals surface area contributed by atoms with Gasteiger partial charge >= 0.3 is 6.16 Å². The predicted octanol–water partition coefficient (Wildman–Crippen LogP) is 2.10. The van der Waals surface area contributed by atoms with Crippen LogP contribution in [0.3, 0.4) is 0 Å². The van der Waals surface area contributed by atoms with Crippen LogP contribution >= 0.6 is 0 Å². The number of ether oxygens (including phenoxy) is 2. The number of carbonyl (C=O) groups excluding carboxylic acids is 1. The highest BCUT2D eigenvalue weighted by Crippen LogP contribution is 2.20. The lowest BCUT2D eigenvalue weighted by atomic mass is 9.98. The highest BCUT2D eigenvalue weighted by atomic mass is 16.7. The molecule has 1 rings (SSSR count). The zero-order chi connectivity index (χ0) is 8.10. The van der Waals surface area contributed by atoms with Crippen LogP contribution in [0.2, 0.25) is 0 Å². The third-order valence-corrected chi connectivity index (χ3v) is 1.98. The quantitative estimate of drug-likeness (QED) is 0.548. The second-order valence-electron chi connectivity index (χ2n) is 2.83. The lowest BCUT2D eigenvalue weighted by Gasteiger charge is -2.20. The van der Waals surface area contributed by atoms with E-state index >= 15 is 0 Å². The van der Waals surface area contributed by atoms with Crippen LogP contribution in [0.1, 0.15) is 32.1 Å². The molecule has 0 aliphatic heterocycles. The summed E-state index contributed by atoms with van der Waals surface area (Å²) in [5.41, 5.74) is 0. The highest BCUT2D eigenvalue weighted by Gasteiger charge is 2.17. The summed E-state index contributed by atoms with van der Waals surface area (Å²) < 4.78 is 9.37. The van der Waals surface area contributed by atoms with Crippen molar-refractivity contribution in [2.45, 2.75) is 38.2 Å². The first-order valence-corrected chi connectivity index (χ1v) is 4.07. The van der Waals surface area contributed by atoms with E-state index in [9.17, 15) is 4.79 Å². The zero-order valence-corrected chi connectivity index (χ0v) is 6.84. The van der Waals surface area contributed by atoms with Gasteiger partial charge < -0.3 is 9.47 Å². The van der Waals surface area contributed by atoms with Crippen LogP contribution in [0.5, 0.6) is 0 Å². The van der Waals surface area contributed by atoms with Crippen molar-refractivity contribution in [3.8, 4) is 0 Å². The van der Waals surface area contributed by atoms with Crippen molar-refractivity contribution in [2.24, 2.45) is 0 Å². The van der Waals surface area contributed by atoms with Gasteiger partial charge in [-0.1, -0.05) is 6.42 Å². The molecule has 0 N–H and O–H groups in total. The normalized spacial score (nSPS) is 19.4. The first kappa shape index (κ1) is 8.37. The largest absolute Gasteiger partial charge is 0.508 e. The Balaban J connectivity index is 2.19. The van der Waals surface area contributed by atoms with Gasteiger partial charge in [-0.2, -0.15) is 0 Å². The smallest absolute Gasteiger partial charge is 0.438 e. The van der Waals surface area contributed by atoms with E-state index in [-0.39, 0.29) is 6.10 Å². The topological polar surface area (TPSA) is 35.5 Å². The summed E-state index contributed by atoms with van der Waals surface area (Å²) in [5, 5.41) is 0. The fraction of sp³-hybridized carbons (Fsp3) is 0.875. The van der Waals surface area contributed by atoms with Gasteiger partial charge in [-0.25, -0.2) is 4.79 Å². The number of rotatable bonds is 1. The molecule has 0 amide bonds. The Morgan fingerprint density at radius 1 is 1.27 bits per heavy atom. The SMILES string of the molecule is COC(=O)OC1CCCCC1. The lowest BCUT2D eigenvalue weighted by molar-refractivity contribution is 0.0231. The molecule has 0 atom stereocenters. The molecule has 0 aromatic carbocycles. The molecule has 0 radical (unpaired) electrons. The Hall–Kier alpha value is -0.730. The van der Waals surface area contributed by atoms with Gasteiger partial charge in [0, 0.05) is 0 Å². The average Bonchev–Trinajstić information content (AvgIpc) is 2.06. The van der Waals surface area contributed by atoms with E-state index in [0.717, 1.165) is 12.8 Å². The minimum Gasteiger partial charge on any atom is -0.438 e. The number of carbonyl (C=O) groups is 1. The number of hydrogen-bond donors (Lipinski definition) is 0. The van der Waals surface area contributed by atoms with Crippen molar-refractivity contribution in [3.05, 3.63) is 0 Å². The molecule has 11 heavy (non-hydrogen) atoms. The summed E-state index contributed by atoms with van der Waals surface area (Å²) in [4.78, 5) is 10.6. The van der Waals surface area contributed by atoms with Gasteiger partial charge in [-0.15, -0.1) is 0 Å². The Bertz CT molecular complexity index is 127. The van der Waals surface area contributed by atoms with Gasteiger partial charge in [0.2, 0.25) is 0 Å². The molecule has 3 heteroatoms. The Morgan fingerprint density at radius 2 is 1.91 bits per heavy atom. The molecule has 1 saturated carbocycles. The molecule has 1 aliphatic rings. The van der Waals surface area contributed by atoms with Crippen LogP contribution in [0, 0.1) is 0 Å². The van der Waals surface area contributed by atoms with Gasteiger partial charge in [0.1, 0.15) is 6.10 Å². The molecule has 1 aliphatic carbocycles. The zero-order valence-electron chi connectivity index (χ0n) is 6.84. The van der Waals surface area contributed by atoms with Gasteiger partial charge in [-0.05, 0) is 25.7 Å². The second-order valence-corrected chi connectivity index (χ2v) is 2.83. The van der Waals surface area contributed by atoms with Gasteiger partial charge in [0.05, 0.1) is 7.11 Å². The average molecular weight is 158 g/mol. The van der Waals surface area contributed by atoms with E-state index in [1.807, 2.05) is 0 Å². The van der Waals surface area contributed by atoms with Crippen LogP contribution in [-0.4, -0.2) is 19.4 Å². The molecule has 0 heterocycles. The van der Waals surface area contributed by atoms with Crippen LogP contribution in [0.15, 0.2) is 0 Å².